The van der Waals surface area contributed by atoms with Crippen molar-refractivity contribution in [3.8, 4) is 0 Å². The highest BCUT2D eigenvalue weighted by Gasteiger charge is 2.40. The molecule has 2 saturated carbocycles. The summed E-state index contributed by atoms with van der Waals surface area (Å²) in [5.41, 5.74) is 6.00. The van der Waals surface area contributed by atoms with E-state index in [0.29, 0.717) is 17.7 Å². The van der Waals surface area contributed by atoms with Crippen molar-refractivity contribution in [2.45, 2.75) is 57.9 Å². The van der Waals surface area contributed by atoms with Crippen LogP contribution in [0.25, 0.3) is 0 Å². The van der Waals surface area contributed by atoms with Crippen LogP contribution >= 0.6 is 0 Å². The Kier molecular flexibility index (Phi) is 3.84. The molecule has 0 aromatic heterocycles. The van der Waals surface area contributed by atoms with Crippen molar-refractivity contribution in [3.05, 3.63) is 0 Å². The molecule has 3 rings (SSSR count). The third kappa shape index (κ3) is 2.81. The molecule has 0 aromatic carbocycles. The van der Waals surface area contributed by atoms with E-state index >= 15 is 0 Å². The van der Waals surface area contributed by atoms with Gasteiger partial charge in [-0.2, -0.15) is 0 Å². The number of nitrogens with zero attached hydrogens (tertiary/aromatic N) is 1. The number of nitrogens with two attached hydrogens (primary N) is 1. The molecule has 108 valence electrons. The van der Waals surface area contributed by atoms with Crippen LogP contribution in [0.5, 0.6) is 0 Å². The fraction of sp³-hybridized carbons (Fsp3) is 0.938. The molecule has 1 heterocycles. The molecule has 1 amide bonds. The zero-order valence-electron chi connectivity index (χ0n) is 12.2. The van der Waals surface area contributed by atoms with Gasteiger partial charge in [0.25, 0.3) is 0 Å². The summed E-state index contributed by atoms with van der Waals surface area (Å²) < 4.78 is 0. The fourth-order valence-corrected chi connectivity index (χ4v) is 4.65. The van der Waals surface area contributed by atoms with Gasteiger partial charge in [0.2, 0.25) is 5.91 Å². The molecule has 3 nitrogen and oxygen atoms in total. The van der Waals surface area contributed by atoms with E-state index in [-0.39, 0.29) is 6.04 Å². The van der Waals surface area contributed by atoms with Gasteiger partial charge in [0.1, 0.15) is 0 Å². The molecule has 2 bridgehead atoms. The molecule has 5 unspecified atom stereocenters. The molecule has 2 N–H and O–H groups in total. The average Bonchev–Trinajstić information content (AvgIpc) is 3.01. The third-order valence-corrected chi connectivity index (χ3v) is 5.88. The van der Waals surface area contributed by atoms with Gasteiger partial charge in [-0.25, -0.2) is 0 Å². The molecule has 0 radical (unpaired) electrons. The molecule has 2 aliphatic carbocycles. The van der Waals surface area contributed by atoms with E-state index in [4.69, 9.17) is 5.73 Å². The van der Waals surface area contributed by atoms with Crippen molar-refractivity contribution in [2.24, 2.45) is 29.4 Å². The van der Waals surface area contributed by atoms with Crippen LogP contribution in [0.1, 0.15) is 51.9 Å². The number of amides is 1. The van der Waals surface area contributed by atoms with Crippen LogP contribution in [0.2, 0.25) is 0 Å². The molecular formula is C16H28N2O. The van der Waals surface area contributed by atoms with Gasteiger partial charge in [-0.3, -0.25) is 4.79 Å². The number of likely N-dealkylation sites (tertiary alicyclic amines) is 1. The maximum absolute atomic E-state index is 12.5. The second-order valence-electron chi connectivity index (χ2n) is 7.24. The van der Waals surface area contributed by atoms with Gasteiger partial charge in [0.15, 0.2) is 0 Å². The van der Waals surface area contributed by atoms with Gasteiger partial charge >= 0.3 is 0 Å². The predicted molar refractivity (Wildman–Crippen MR) is 76.5 cm³/mol. The first-order valence-corrected chi connectivity index (χ1v) is 8.17. The van der Waals surface area contributed by atoms with E-state index in [2.05, 4.69) is 11.8 Å². The summed E-state index contributed by atoms with van der Waals surface area (Å²) in [5, 5.41) is 0. The van der Waals surface area contributed by atoms with Crippen LogP contribution in [0.4, 0.5) is 0 Å². The fourth-order valence-electron chi connectivity index (χ4n) is 4.65. The minimum atomic E-state index is 0.220. The van der Waals surface area contributed by atoms with Crippen LogP contribution < -0.4 is 5.73 Å². The Hall–Kier alpha value is -0.570. The van der Waals surface area contributed by atoms with Gasteiger partial charge in [-0.15, -0.1) is 0 Å². The van der Waals surface area contributed by atoms with E-state index in [1.165, 1.54) is 32.1 Å². The number of piperidine rings is 1. The summed E-state index contributed by atoms with van der Waals surface area (Å²) in [6.45, 7) is 3.94. The Morgan fingerprint density at radius 1 is 1.32 bits per heavy atom. The average molecular weight is 264 g/mol. The van der Waals surface area contributed by atoms with Crippen molar-refractivity contribution in [2.75, 3.05) is 13.1 Å². The molecular weight excluding hydrogens is 236 g/mol. The summed E-state index contributed by atoms with van der Waals surface area (Å²) >= 11 is 0. The molecule has 0 aromatic rings. The number of hydrogen-bond acceptors (Lipinski definition) is 2. The quantitative estimate of drug-likeness (QED) is 0.851. The number of hydrogen-bond donors (Lipinski definition) is 1. The summed E-state index contributed by atoms with van der Waals surface area (Å²) in [5.74, 6) is 3.42. The van der Waals surface area contributed by atoms with Crippen molar-refractivity contribution in [1.29, 1.82) is 0 Å². The molecule has 19 heavy (non-hydrogen) atoms. The summed E-state index contributed by atoms with van der Waals surface area (Å²) in [7, 11) is 0. The minimum Gasteiger partial charge on any atom is -0.342 e. The maximum atomic E-state index is 12.5. The monoisotopic (exact) mass is 264 g/mol. The number of carbonyl (C=O) groups excluding carboxylic acids is 1. The lowest BCUT2D eigenvalue weighted by Crippen LogP contribution is -2.45. The highest BCUT2D eigenvalue weighted by Crippen LogP contribution is 2.49. The van der Waals surface area contributed by atoms with Crippen molar-refractivity contribution in [3.63, 3.8) is 0 Å². The lowest BCUT2D eigenvalue weighted by molar-refractivity contribution is -0.134. The van der Waals surface area contributed by atoms with Crippen LogP contribution in [0, 0.1) is 23.7 Å². The normalized spacial score (nSPS) is 39.6. The van der Waals surface area contributed by atoms with E-state index in [0.717, 1.165) is 37.8 Å². The number of fused-ring (bicyclic) bond motifs is 2. The van der Waals surface area contributed by atoms with Crippen molar-refractivity contribution < 1.29 is 4.79 Å². The smallest absolute Gasteiger partial charge is 0.222 e. The Morgan fingerprint density at radius 3 is 2.79 bits per heavy atom. The van der Waals surface area contributed by atoms with Crippen LogP contribution in [-0.4, -0.2) is 29.9 Å². The van der Waals surface area contributed by atoms with Crippen molar-refractivity contribution in [1.82, 2.24) is 4.90 Å². The standard InChI is InChI=1S/C16H28N2O/c1-11(17)14-3-2-6-18(10-14)16(19)9-15-8-12-4-5-13(15)7-12/h11-15H,2-10,17H2,1H3. The van der Waals surface area contributed by atoms with Gasteiger partial charge in [-0.05, 0) is 62.7 Å². The Labute approximate surface area is 116 Å². The van der Waals surface area contributed by atoms with Crippen LogP contribution in [0.3, 0.4) is 0 Å². The third-order valence-electron chi connectivity index (χ3n) is 5.88. The van der Waals surface area contributed by atoms with Crippen molar-refractivity contribution >= 4 is 5.91 Å². The highest BCUT2D eigenvalue weighted by atomic mass is 16.2. The topological polar surface area (TPSA) is 46.3 Å². The van der Waals surface area contributed by atoms with Crippen LogP contribution in [-0.2, 0) is 4.79 Å². The molecule has 1 aliphatic heterocycles. The molecule has 3 fully saturated rings. The van der Waals surface area contributed by atoms with Gasteiger partial charge in [-0.1, -0.05) is 6.42 Å². The molecule has 1 saturated heterocycles. The molecule has 3 heteroatoms. The largest absolute Gasteiger partial charge is 0.342 e. The second-order valence-corrected chi connectivity index (χ2v) is 7.24. The lowest BCUT2D eigenvalue weighted by atomic mass is 9.85. The Bertz CT molecular complexity index is 342. The summed E-state index contributed by atoms with van der Waals surface area (Å²) in [4.78, 5) is 14.6. The SMILES string of the molecule is CC(N)C1CCCN(C(=O)CC2CC3CCC2C3)C1. The lowest BCUT2D eigenvalue weighted by Gasteiger charge is -2.35. The van der Waals surface area contributed by atoms with Gasteiger partial charge < -0.3 is 10.6 Å². The van der Waals surface area contributed by atoms with Gasteiger partial charge in [0.05, 0.1) is 0 Å². The van der Waals surface area contributed by atoms with Crippen LogP contribution in [0.15, 0.2) is 0 Å². The van der Waals surface area contributed by atoms with Gasteiger partial charge in [0, 0.05) is 25.6 Å². The maximum Gasteiger partial charge on any atom is 0.222 e. The first-order chi connectivity index (χ1) is 9.13. The minimum absolute atomic E-state index is 0.220. The van der Waals surface area contributed by atoms with E-state index in [1.807, 2.05) is 0 Å². The first kappa shape index (κ1) is 13.4. The number of carbonyl (C=O) groups is 1. The second kappa shape index (κ2) is 5.43. The Morgan fingerprint density at radius 2 is 2.16 bits per heavy atom. The Balaban J connectivity index is 1.52. The molecule has 0 spiro atoms. The van der Waals surface area contributed by atoms with E-state index in [9.17, 15) is 4.79 Å². The highest BCUT2D eigenvalue weighted by molar-refractivity contribution is 5.76. The summed E-state index contributed by atoms with van der Waals surface area (Å²) in [6.07, 6.45) is 8.66. The first-order valence-electron chi connectivity index (χ1n) is 8.17. The van der Waals surface area contributed by atoms with E-state index < -0.39 is 0 Å². The predicted octanol–water partition coefficient (Wildman–Crippen LogP) is 2.40. The summed E-state index contributed by atoms with van der Waals surface area (Å²) in [6, 6.07) is 0.220. The number of rotatable bonds is 3. The van der Waals surface area contributed by atoms with E-state index in [1.54, 1.807) is 0 Å². The zero-order valence-corrected chi connectivity index (χ0v) is 12.2. The molecule has 3 aliphatic rings. The zero-order chi connectivity index (χ0) is 13.4. The molecule has 5 atom stereocenters.